The highest BCUT2D eigenvalue weighted by Gasteiger charge is 2.22. The third kappa shape index (κ3) is 2.37. The number of hydrogen-bond acceptors (Lipinski definition) is 3. The number of hydrogen-bond donors (Lipinski definition) is 1. The largest absolute Gasteiger partial charge is 0.507 e. The van der Waals surface area contributed by atoms with Crippen molar-refractivity contribution in [3.8, 4) is 5.75 Å². The van der Waals surface area contributed by atoms with E-state index in [0.29, 0.717) is 0 Å². The molecule has 1 N–H and O–H groups in total. The lowest BCUT2D eigenvalue weighted by molar-refractivity contribution is 0.449. The van der Waals surface area contributed by atoms with E-state index >= 15 is 0 Å². The van der Waals surface area contributed by atoms with Gasteiger partial charge in [-0.2, -0.15) is 4.31 Å². The first kappa shape index (κ1) is 11.7. The molecule has 82 valence electrons. The molecule has 1 rings (SSSR count). The molecule has 0 atom stereocenters. The molecule has 0 aliphatic carbocycles. The molecule has 0 aliphatic rings. The number of benzene rings is 1. The molecule has 0 heterocycles. The Kier molecular flexibility index (Phi) is 3.49. The number of aromatic hydroxyl groups is 1. The normalized spacial score (nSPS) is 11.6. The van der Waals surface area contributed by atoms with Crippen LogP contribution in [0.2, 0.25) is 0 Å². The number of nitrogens with zero attached hydrogens (tertiary/aromatic N) is 1. The summed E-state index contributed by atoms with van der Waals surface area (Å²) in [5.41, 5.74) is 0. The van der Waals surface area contributed by atoms with E-state index in [-0.39, 0.29) is 17.2 Å². The van der Waals surface area contributed by atoms with E-state index < -0.39 is 10.0 Å². The van der Waals surface area contributed by atoms with Crippen LogP contribution in [0.15, 0.2) is 41.8 Å². The third-order valence-corrected chi connectivity index (χ3v) is 3.81. The molecule has 0 unspecified atom stereocenters. The fourth-order valence-electron chi connectivity index (χ4n) is 1.12. The monoisotopic (exact) mass is 227 g/mol. The van der Waals surface area contributed by atoms with Gasteiger partial charge in [-0.15, -0.1) is 6.58 Å². The van der Waals surface area contributed by atoms with E-state index in [1.165, 1.54) is 25.3 Å². The summed E-state index contributed by atoms with van der Waals surface area (Å²) in [6.45, 7) is 3.67. The molecule has 15 heavy (non-hydrogen) atoms. The van der Waals surface area contributed by atoms with Crippen LogP contribution < -0.4 is 0 Å². The van der Waals surface area contributed by atoms with Crippen molar-refractivity contribution in [2.24, 2.45) is 0 Å². The Balaban J connectivity index is 3.17. The average molecular weight is 227 g/mol. The zero-order chi connectivity index (χ0) is 11.5. The fourth-order valence-corrected chi connectivity index (χ4v) is 2.34. The third-order valence-electron chi connectivity index (χ3n) is 1.94. The molecule has 0 spiro atoms. The minimum absolute atomic E-state index is 0.0886. The summed E-state index contributed by atoms with van der Waals surface area (Å²) in [5, 5.41) is 9.43. The molecular weight excluding hydrogens is 214 g/mol. The molecule has 0 amide bonds. The van der Waals surface area contributed by atoms with Gasteiger partial charge < -0.3 is 5.11 Å². The lowest BCUT2D eigenvalue weighted by Gasteiger charge is -2.15. The molecular formula is C10H13NO3S. The maximum atomic E-state index is 11.9. The van der Waals surface area contributed by atoms with Crippen molar-refractivity contribution in [2.45, 2.75) is 4.90 Å². The first-order valence-electron chi connectivity index (χ1n) is 4.35. The lowest BCUT2D eigenvalue weighted by Crippen LogP contribution is -2.26. The van der Waals surface area contributed by atoms with Crippen molar-refractivity contribution < 1.29 is 13.5 Å². The van der Waals surface area contributed by atoms with Gasteiger partial charge in [-0.25, -0.2) is 8.42 Å². The van der Waals surface area contributed by atoms with Crippen LogP contribution in [0.3, 0.4) is 0 Å². The van der Waals surface area contributed by atoms with E-state index in [0.717, 1.165) is 4.31 Å². The molecule has 4 nitrogen and oxygen atoms in total. The quantitative estimate of drug-likeness (QED) is 0.786. The van der Waals surface area contributed by atoms with Gasteiger partial charge in [0.05, 0.1) is 0 Å². The number of para-hydroxylation sites is 1. The van der Waals surface area contributed by atoms with Gasteiger partial charge in [-0.1, -0.05) is 18.2 Å². The predicted molar refractivity (Wildman–Crippen MR) is 58.1 cm³/mol. The van der Waals surface area contributed by atoms with Crippen LogP contribution in [0.1, 0.15) is 0 Å². The van der Waals surface area contributed by atoms with Crippen LogP contribution in [0.4, 0.5) is 0 Å². The summed E-state index contributed by atoms with van der Waals surface area (Å²) in [6, 6.07) is 5.84. The van der Waals surface area contributed by atoms with Crippen molar-refractivity contribution in [1.29, 1.82) is 0 Å². The summed E-state index contributed by atoms with van der Waals surface area (Å²) in [6.07, 6.45) is 1.48. The number of sulfonamides is 1. The minimum Gasteiger partial charge on any atom is -0.507 e. The molecule has 0 saturated heterocycles. The highest BCUT2D eigenvalue weighted by atomic mass is 32.2. The van der Waals surface area contributed by atoms with Gasteiger partial charge in [-0.05, 0) is 12.1 Å². The van der Waals surface area contributed by atoms with E-state index in [4.69, 9.17) is 0 Å². The van der Waals surface area contributed by atoms with Gasteiger partial charge in [0.25, 0.3) is 0 Å². The first-order valence-corrected chi connectivity index (χ1v) is 5.79. The zero-order valence-corrected chi connectivity index (χ0v) is 9.24. The van der Waals surface area contributed by atoms with E-state index in [1.54, 1.807) is 12.1 Å². The molecule has 1 aromatic rings. The Morgan fingerprint density at radius 2 is 2.07 bits per heavy atom. The highest BCUT2D eigenvalue weighted by molar-refractivity contribution is 7.89. The number of likely N-dealkylation sites (N-methyl/N-ethyl adjacent to an activating group) is 1. The first-order chi connectivity index (χ1) is 7.00. The second-order valence-corrected chi connectivity index (χ2v) is 5.06. The zero-order valence-electron chi connectivity index (χ0n) is 8.42. The fraction of sp³-hybridized carbons (Fsp3) is 0.200. The molecule has 0 bridgehead atoms. The van der Waals surface area contributed by atoms with Crippen molar-refractivity contribution in [3.63, 3.8) is 0 Å². The van der Waals surface area contributed by atoms with Gasteiger partial charge >= 0.3 is 0 Å². The van der Waals surface area contributed by atoms with E-state index in [2.05, 4.69) is 6.58 Å². The Morgan fingerprint density at radius 3 is 2.60 bits per heavy atom. The Labute approximate surface area is 89.5 Å². The van der Waals surface area contributed by atoms with Crippen molar-refractivity contribution >= 4 is 10.0 Å². The summed E-state index contributed by atoms with van der Waals surface area (Å²) < 4.78 is 24.8. The van der Waals surface area contributed by atoms with Crippen LogP contribution >= 0.6 is 0 Å². The summed E-state index contributed by atoms with van der Waals surface area (Å²) >= 11 is 0. The lowest BCUT2D eigenvalue weighted by atomic mass is 10.3. The molecule has 0 saturated carbocycles. The maximum Gasteiger partial charge on any atom is 0.246 e. The maximum absolute atomic E-state index is 11.9. The summed E-state index contributed by atoms with van der Waals surface area (Å²) in [5.74, 6) is -0.242. The van der Waals surface area contributed by atoms with Crippen LogP contribution in [0, 0.1) is 0 Å². The molecule has 1 aromatic carbocycles. The topological polar surface area (TPSA) is 57.6 Å². The second-order valence-electron chi connectivity index (χ2n) is 3.04. The Hall–Kier alpha value is -1.33. The van der Waals surface area contributed by atoms with Crippen molar-refractivity contribution in [3.05, 3.63) is 36.9 Å². The van der Waals surface area contributed by atoms with Gasteiger partial charge in [0.15, 0.2) is 0 Å². The SMILES string of the molecule is C=CCN(C)S(=O)(=O)c1ccccc1O. The predicted octanol–water partition coefficient (Wildman–Crippen LogP) is 1.20. The highest BCUT2D eigenvalue weighted by Crippen LogP contribution is 2.23. The van der Waals surface area contributed by atoms with Gasteiger partial charge in [0.2, 0.25) is 10.0 Å². The number of phenols is 1. The number of phenolic OH excluding ortho intramolecular Hbond substituents is 1. The smallest absolute Gasteiger partial charge is 0.246 e. The van der Waals surface area contributed by atoms with Crippen LogP contribution in [-0.2, 0) is 10.0 Å². The van der Waals surface area contributed by atoms with E-state index in [9.17, 15) is 13.5 Å². The minimum atomic E-state index is -3.62. The Morgan fingerprint density at radius 1 is 1.47 bits per heavy atom. The van der Waals surface area contributed by atoms with Crippen LogP contribution in [0.5, 0.6) is 5.75 Å². The van der Waals surface area contributed by atoms with Gasteiger partial charge in [0, 0.05) is 13.6 Å². The molecule has 5 heteroatoms. The summed E-state index contributed by atoms with van der Waals surface area (Å²) in [4.78, 5) is -0.0886. The second kappa shape index (κ2) is 4.46. The average Bonchev–Trinajstić information content (AvgIpc) is 2.18. The molecule has 0 aliphatic heterocycles. The van der Waals surface area contributed by atoms with Crippen LogP contribution in [0.25, 0.3) is 0 Å². The van der Waals surface area contributed by atoms with E-state index in [1.807, 2.05) is 0 Å². The van der Waals surface area contributed by atoms with Crippen molar-refractivity contribution in [1.82, 2.24) is 4.31 Å². The van der Waals surface area contributed by atoms with Crippen LogP contribution in [-0.4, -0.2) is 31.4 Å². The van der Waals surface area contributed by atoms with Gasteiger partial charge in [0.1, 0.15) is 10.6 Å². The van der Waals surface area contributed by atoms with Crippen molar-refractivity contribution in [2.75, 3.05) is 13.6 Å². The molecule has 0 fully saturated rings. The van der Waals surface area contributed by atoms with Gasteiger partial charge in [-0.3, -0.25) is 0 Å². The Bertz CT molecular complexity index is 453. The molecule has 0 aromatic heterocycles. The number of rotatable bonds is 4. The standard InChI is InChI=1S/C10H13NO3S/c1-3-8-11(2)15(13,14)10-7-5-4-6-9(10)12/h3-7,12H,1,8H2,2H3. The summed E-state index contributed by atoms with van der Waals surface area (Å²) in [7, 11) is -2.19. The molecule has 0 radical (unpaired) electrons.